The summed E-state index contributed by atoms with van der Waals surface area (Å²) in [7, 11) is 0. The van der Waals surface area contributed by atoms with Crippen molar-refractivity contribution in [3.05, 3.63) is 0 Å². The van der Waals surface area contributed by atoms with Gasteiger partial charge in [-0.15, -0.1) is 0 Å². The Labute approximate surface area is 67.3 Å². The van der Waals surface area contributed by atoms with Crippen molar-refractivity contribution < 1.29 is 32.9 Å². The van der Waals surface area contributed by atoms with E-state index in [-0.39, 0.29) is 66.9 Å². The summed E-state index contributed by atoms with van der Waals surface area (Å²) in [6.45, 7) is 0. The quantitative estimate of drug-likeness (QED) is 0.370. The summed E-state index contributed by atoms with van der Waals surface area (Å²) in [6.07, 6.45) is 0. The van der Waals surface area contributed by atoms with E-state index in [0.29, 0.717) is 0 Å². The Kier molecular flexibility index (Phi) is 75700. The van der Waals surface area contributed by atoms with Gasteiger partial charge in [0.2, 0.25) is 0 Å². The van der Waals surface area contributed by atoms with E-state index in [9.17, 15) is 0 Å². The van der Waals surface area contributed by atoms with Crippen molar-refractivity contribution in [3.63, 3.8) is 0 Å². The first-order chi connectivity index (χ1) is 0. The summed E-state index contributed by atoms with van der Waals surface area (Å²) in [4.78, 5) is 0. The summed E-state index contributed by atoms with van der Waals surface area (Å²) in [5.41, 5.74) is 0. The minimum absolute atomic E-state index is 0. The van der Waals surface area contributed by atoms with E-state index < -0.39 is 0 Å². The maximum Gasteiger partial charge on any atom is 4.00 e. The second-order valence-corrected chi connectivity index (χ2v) is 0. The molecule has 0 aliphatic carbocycles. The molecule has 0 fully saturated rings. The topological polar surface area (TPSA) is 180 Å². The van der Waals surface area contributed by atoms with E-state index in [2.05, 4.69) is 0 Å². The smallest absolute Gasteiger partial charge is 0.870 e. The molecule has 0 heterocycles. The largest absolute Gasteiger partial charge is 4.00 e. The van der Waals surface area contributed by atoms with Crippen LogP contribution in [-0.4, -0.2) is 66.9 Å². The van der Waals surface area contributed by atoms with Crippen molar-refractivity contribution in [1.29, 1.82) is 0 Å². The van der Waals surface area contributed by atoms with Crippen molar-refractivity contribution in [1.82, 2.24) is 0 Å². The van der Waals surface area contributed by atoms with Crippen molar-refractivity contribution >= 4 is 34.0 Å². The predicted octanol–water partition coefficient (Wildman–Crippen LogP) is -1.82. The van der Waals surface area contributed by atoms with Crippen LogP contribution in [-0.2, 0) is 0 Å². The maximum absolute atomic E-state index is 0. The molecule has 0 radical (unpaired) electrons. The fraction of sp³-hybridized carbons (Fsp3) is 0. The van der Waals surface area contributed by atoms with Gasteiger partial charge in [0.05, 0.1) is 0 Å². The Morgan fingerprint density at radius 1 is 0.375 bits per heavy atom. The van der Waals surface area contributed by atoms with Crippen LogP contribution < -0.4 is 0 Å². The molecule has 6 nitrogen and oxygen atoms in total. The maximum atomic E-state index is 0. The molecule has 0 atom stereocenters. The average molecular weight is 154 g/mol. The van der Waals surface area contributed by atoms with Crippen LogP contribution in [0.1, 0.15) is 0 Å². The number of hydrogen-bond acceptors (Lipinski definition) is 6. The zero-order chi connectivity index (χ0) is 0. The molecular formula is H6MgO6Si. The fourth-order valence-corrected chi connectivity index (χ4v) is 0. The Bertz CT molecular complexity index is 8.49. The molecule has 0 saturated heterocycles. The van der Waals surface area contributed by atoms with Crippen LogP contribution in [0, 0.1) is 0 Å². The second-order valence-electron chi connectivity index (χ2n) is 0. The number of rotatable bonds is 0. The van der Waals surface area contributed by atoms with Crippen molar-refractivity contribution in [3.8, 4) is 0 Å². The van der Waals surface area contributed by atoms with Crippen LogP contribution in [0.15, 0.2) is 0 Å². The summed E-state index contributed by atoms with van der Waals surface area (Å²) in [5.74, 6) is 0. The van der Waals surface area contributed by atoms with Gasteiger partial charge in [0, 0.05) is 0 Å². The third-order valence-corrected chi connectivity index (χ3v) is 0. The van der Waals surface area contributed by atoms with Gasteiger partial charge >= 0.3 is 34.0 Å². The van der Waals surface area contributed by atoms with Crippen LogP contribution in [0.3, 0.4) is 0 Å². The van der Waals surface area contributed by atoms with Gasteiger partial charge in [-0.2, -0.15) is 0 Å². The zero-order valence-electron chi connectivity index (χ0n) is 3.89. The van der Waals surface area contributed by atoms with Gasteiger partial charge in [-0.25, -0.2) is 0 Å². The summed E-state index contributed by atoms with van der Waals surface area (Å²) < 4.78 is 0. The fourth-order valence-electron chi connectivity index (χ4n) is 0. The molecule has 0 rings (SSSR count). The van der Waals surface area contributed by atoms with E-state index >= 15 is 0 Å². The van der Waals surface area contributed by atoms with Gasteiger partial charge in [-0.3, -0.25) is 0 Å². The van der Waals surface area contributed by atoms with Crippen LogP contribution in [0.4, 0.5) is 0 Å². The van der Waals surface area contributed by atoms with Gasteiger partial charge in [0.25, 0.3) is 0 Å². The van der Waals surface area contributed by atoms with Crippen LogP contribution in [0.5, 0.6) is 0 Å². The van der Waals surface area contributed by atoms with Gasteiger partial charge in [-0.1, -0.05) is 0 Å². The van der Waals surface area contributed by atoms with Crippen LogP contribution in [0.2, 0.25) is 0 Å². The molecule has 0 amide bonds. The minimum atomic E-state index is 0. The van der Waals surface area contributed by atoms with Gasteiger partial charge in [0.15, 0.2) is 0 Å². The molecule has 0 aromatic carbocycles. The molecule has 0 aromatic rings. The molecular weight excluding hydrogens is 148 g/mol. The number of hydrogen-bond donors (Lipinski definition) is 0. The second kappa shape index (κ2) is 638. The third kappa shape index (κ3) is 403. The normalized spacial score (nSPS) is 0. The molecule has 0 aliphatic rings. The molecule has 0 unspecified atom stereocenters. The Morgan fingerprint density at radius 2 is 0.375 bits per heavy atom. The van der Waals surface area contributed by atoms with Crippen LogP contribution >= 0.6 is 0 Å². The van der Waals surface area contributed by atoms with E-state index in [1.54, 1.807) is 0 Å². The van der Waals surface area contributed by atoms with Crippen molar-refractivity contribution in [2.45, 2.75) is 0 Å². The zero-order valence-corrected chi connectivity index (χ0v) is 6.30. The minimum Gasteiger partial charge on any atom is -0.870 e. The Morgan fingerprint density at radius 3 is 0.375 bits per heavy atom. The first-order valence-electron chi connectivity index (χ1n) is 0. The van der Waals surface area contributed by atoms with E-state index in [1.165, 1.54) is 0 Å². The summed E-state index contributed by atoms with van der Waals surface area (Å²) in [6, 6.07) is 0. The molecule has 0 bridgehead atoms. The molecule has 0 aliphatic heterocycles. The van der Waals surface area contributed by atoms with E-state index in [0.717, 1.165) is 0 Å². The SMILES string of the molecule is [Mg+2].[OH-].[OH-].[OH-].[OH-].[OH-].[OH-].[Si+4]. The Hall–Kier alpha value is 0.743. The summed E-state index contributed by atoms with van der Waals surface area (Å²) in [5, 5.41) is 0. The molecule has 0 aromatic heterocycles. The van der Waals surface area contributed by atoms with Gasteiger partial charge < -0.3 is 32.9 Å². The van der Waals surface area contributed by atoms with E-state index in [1.807, 2.05) is 0 Å². The molecule has 0 saturated carbocycles. The molecule has 48 valence electrons. The Balaban J connectivity index is 0. The molecule has 8 heavy (non-hydrogen) atoms. The third-order valence-electron chi connectivity index (χ3n) is 0. The molecule has 8 heteroatoms. The molecule has 0 spiro atoms. The molecule has 6 N–H and O–H groups in total. The average Bonchev–Trinajstić information content (AvgIpc) is 0. The standard InChI is InChI=1S/Mg.6H2O.Si/h;6*1H2;/q+2;;;;;;;+4/p-6. The van der Waals surface area contributed by atoms with Crippen LogP contribution in [0.25, 0.3) is 0 Å². The van der Waals surface area contributed by atoms with Gasteiger partial charge in [-0.05, 0) is 0 Å². The predicted molar refractivity (Wildman–Crippen MR) is 23.1 cm³/mol. The van der Waals surface area contributed by atoms with Crippen molar-refractivity contribution in [2.75, 3.05) is 0 Å². The monoisotopic (exact) mass is 154 g/mol. The van der Waals surface area contributed by atoms with Gasteiger partial charge in [0.1, 0.15) is 0 Å². The first-order valence-corrected chi connectivity index (χ1v) is 0. The summed E-state index contributed by atoms with van der Waals surface area (Å²) >= 11 is 0. The van der Waals surface area contributed by atoms with E-state index in [4.69, 9.17) is 0 Å². The first kappa shape index (κ1) is 949. The van der Waals surface area contributed by atoms with Crippen molar-refractivity contribution in [2.24, 2.45) is 0 Å².